The first kappa shape index (κ1) is 19.5. The van der Waals surface area contributed by atoms with E-state index in [0.717, 1.165) is 12.0 Å². The summed E-state index contributed by atoms with van der Waals surface area (Å²) in [5, 5.41) is 9.53. The second kappa shape index (κ2) is 8.69. The summed E-state index contributed by atoms with van der Waals surface area (Å²) in [4.78, 5) is 26.0. The highest BCUT2D eigenvalue weighted by Crippen LogP contribution is 2.33. The van der Waals surface area contributed by atoms with E-state index in [1.165, 1.54) is 7.11 Å². The largest absolute Gasteiger partial charge is 0.494 e. The summed E-state index contributed by atoms with van der Waals surface area (Å²) in [6.07, 6.45) is 1.37. The first-order valence-electron chi connectivity index (χ1n) is 9.68. The summed E-state index contributed by atoms with van der Waals surface area (Å²) in [5.74, 6) is 1.16. The zero-order valence-corrected chi connectivity index (χ0v) is 16.6. The smallest absolute Gasteiger partial charge is 0.319 e. The van der Waals surface area contributed by atoms with Crippen molar-refractivity contribution in [1.29, 1.82) is 0 Å². The Labute approximate surface area is 173 Å². The number of aromatic nitrogens is 1. The number of carbonyl (C=O) groups is 2. The Morgan fingerprint density at radius 1 is 1.20 bits per heavy atom. The first-order valence-corrected chi connectivity index (χ1v) is 9.68. The number of ether oxygens (including phenoxy) is 1. The van der Waals surface area contributed by atoms with Crippen LogP contribution in [0.5, 0.6) is 5.75 Å². The van der Waals surface area contributed by atoms with Crippen molar-refractivity contribution in [3.8, 4) is 17.0 Å². The second-order valence-electron chi connectivity index (χ2n) is 6.89. The van der Waals surface area contributed by atoms with Crippen LogP contribution in [0, 0.1) is 0 Å². The third-order valence-electron chi connectivity index (χ3n) is 4.85. The molecule has 1 saturated heterocycles. The van der Waals surface area contributed by atoms with Gasteiger partial charge in [0, 0.05) is 36.3 Å². The molecule has 154 valence electrons. The summed E-state index contributed by atoms with van der Waals surface area (Å²) in [6, 6.07) is 16.3. The zero-order valence-electron chi connectivity index (χ0n) is 16.6. The van der Waals surface area contributed by atoms with E-state index in [0.29, 0.717) is 41.5 Å². The van der Waals surface area contributed by atoms with E-state index < -0.39 is 0 Å². The molecule has 8 heteroatoms. The molecule has 0 unspecified atom stereocenters. The van der Waals surface area contributed by atoms with Crippen molar-refractivity contribution < 1.29 is 18.8 Å². The van der Waals surface area contributed by atoms with Gasteiger partial charge in [-0.25, -0.2) is 4.79 Å². The van der Waals surface area contributed by atoms with Crippen LogP contribution in [-0.2, 0) is 11.3 Å². The molecule has 4 rings (SSSR count). The number of rotatable bonds is 6. The van der Waals surface area contributed by atoms with E-state index in [1.807, 2.05) is 30.3 Å². The second-order valence-corrected chi connectivity index (χ2v) is 6.89. The average Bonchev–Trinajstić information content (AvgIpc) is 3.42. The molecule has 8 nitrogen and oxygen atoms in total. The fraction of sp³-hybridized carbons (Fsp3) is 0.227. The molecule has 0 saturated carbocycles. The molecule has 0 atom stereocenters. The molecule has 1 fully saturated rings. The van der Waals surface area contributed by atoms with Gasteiger partial charge in [0.1, 0.15) is 11.4 Å². The number of carbonyl (C=O) groups excluding carboxylic acids is 2. The maximum atomic E-state index is 12.3. The number of amides is 3. The summed E-state index contributed by atoms with van der Waals surface area (Å²) < 4.78 is 10.7. The normalized spacial score (nSPS) is 13.4. The lowest BCUT2D eigenvalue weighted by molar-refractivity contribution is -0.117. The van der Waals surface area contributed by atoms with Crippen LogP contribution in [0.2, 0.25) is 0 Å². The molecule has 1 aliphatic heterocycles. The molecule has 1 aromatic heterocycles. The quantitative estimate of drug-likeness (QED) is 0.649. The molecule has 30 heavy (non-hydrogen) atoms. The van der Waals surface area contributed by atoms with Crippen molar-refractivity contribution in [1.82, 2.24) is 10.5 Å². The van der Waals surface area contributed by atoms with Gasteiger partial charge in [0.2, 0.25) is 5.91 Å². The third kappa shape index (κ3) is 4.27. The lowest BCUT2D eigenvalue weighted by atomic mass is 10.1. The highest BCUT2D eigenvalue weighted by Gasteiger charge is 2.24. The van der Waals surface area contributed by atoms with Crippen LogP contribution >= 0.6 is 0 Å². The zero-order chi connectivity index (χ0) is 20.9. The maximum Gasteiger partial charge on any atom is 0.319 e. The monoisotopic (exact) mass is 406 g/mol. The summed E-state index contributed by atoms with van der Waals surface area (Å²) >= 11 is 0. The van der Waals surface area contributed by atoms with Gasteiger partial charge in [0.15, 0.2) is 5.76 Å². The van der Waals surface area contributed by atoms with Gasteiger partial charge in [0.25, 0.3) is 0 Å². The molecule has 0 spiro atoms. The lowest BCUT2D eigenvalue weighted by Crippen LogP contribution is -2.28. The minimum atomic E-state index is -0.389. The number of hydrogen-bond acceptors (Lipinski definition) is 5. The van der Waals surface area contributed by atoms with E-state index in [-0.39, 0.29) is 18.5 Å². The Morgan fingerprint density at radius 2 is 2.03 bits per heavy atom. The van der Waals surface area contributed by atoms with E-state index in [1.54, 1.807) is 29.2 Å². The van der Waals surface area contributed by atoms with Crippen molar-refractivity contribution in [2.45, 2.75) is 19.4 Å². The van der Waals surface area contributed by atoms with Gasteiger partial charge < -0.3 is 24.8 Å². The van der Waals surface area contributed by atoms with Gasteiger partial charge in [0.05, 0.1) is 19.3 Å². The predicted molar refractivity (Wildman–Crippen MR) is 112 cm³/mol. The predicted octanol–water partition coefficient (Wildman–Crippen LogP) is 3.80. The van der Waals surface area contributed by atoms with Crippen molar-refractivity contribution >= 4 is 23.3 Å². The number of anilines is 2. The van der Waals surface area contributed by atoms with Crippen LogP contribution in [0.3, 0.4) is 0 Å². The molecule has 0 aliphatic carbocycles. The van der Waals surface area contributed by atoms with E-state index in [4.69, 9.17) is 9.26 Å². The average molecular weight is 406 g/mol. The van der Waals surface area contributed by atoms with Crippen molar-refractivity contribution in [3.05, 3.63) is 60.4 Å². The molecular formula is C22H22N4O4. The standard InChI is InChI=1S/C22H22N4O4/c1-29-20-12-16(9-10-19(20)26-11-5-8-21(26)27)24-22(28)23-14-17-13-18(25-30-17)15-6-3-2-4-7-15/h2-4,6-7,9-10,12-13H,5,8,11,14H2,1H3,(H2,23,24,28). The van der Waals surface area contributed by atoms with Crippen LogP contribution < -0.4 is 20.3 Å². The minimum absolute atomic E-state index is 0.0775. The van der Waals surface area contributed by atoms with Crippen LogP contribution in [0.4, 0.5) is 16.2 Å². The fourth-order valence-electron chi connectivity index (χ4n) is 3.37. The van der Waals surface area contributed by atoms with Crippen molar-refractivity contribution in [2.24, 2.45) is 0 Å². The van der Waals surface area contributed by atoms with Crippen molar-refractivity contribution in [3.63, 3.8) is 0 Å². The van der Waals surface area contributed by atoms with Gasteiger partial charge in [-0.15, -0.1) is 0 Å². The Kier molecular flexibility index (Phi) is 5.65. The lowest BCUT2D eigenvalue weighted by Gasteiger charge is -2.19. The third-order valence-corrected chi connectivity index (χ3v) is 4.85. The minimum Gasteiger partial charge on any atom is -0.494 e. The van der Waals surface area contributed by atoms with Crippen LogP contribution in [0.15, 0.2) is 59.1 Å². The highest BCUT2D eigenvalue weighted by atomic mass is 16.5. The Morgan fingerprint density at radius 3 is 2.77 bits per heavy atom. The molecule has 0 bridgehead atoms. The highest BCUT2D eigenvalue weighted by molar-refractivity contribution is 5.97. The molecule has 1 aliphatic rings. The number of nitrogens with zero attached hydrogens (tertiary/aromatic N) is 2. The Balaban J connectivity index is 1.36. The summed E-state index contributed by atoms with van der Waals surface area (Å²) in [7, 11) is 1.54. The summed E-state index contributed by atoms with van der Waals surface area (Å²) in [5.41, 5.74) is 2.92. The van der Waals surface area contributed by atoms with Gasteiger partial charge in [-0.05, 0) is 18.6 Å². The SMILES string of the molecule is COc1cc(NC(=O)NCc2cc(-c3ccccc3)no2)ccc1N1CCCC1=O. The first-order chi connectivity index (χ1) is 14.6. The Bertz CT molecular complexity index is 1050. The van der Waals surface area contributed by atoms with Gasteiger partial charge in [-0.2, -0.15) is 0 Å². The number of hydrogen-bond donors (Lipinski definition) is 2. The van der Waals surface area contributed by atoms with E-state index in [2.05, 4.69) is 15.8 Å². The van der Waals surface area contributed by atoms with E-state index in [9.17, 15) is 9.59 Å². The summed E-state index contributed by atoms with van der Waals surface area (Å²) in [6.45, 7) is 0.869. The van der Waals surface area contributed by atoms with Gasteiger partial charge in [-0.3, -0.25) is 4.79 Å². The topological polar surface area (TPSA) is 96.7 Å². The number of benzene rings is 2. The molecule has 2 aromatic carbocycles. The van der Waals surface area contributed by atoms with Gasteiger partial charge >= 0.3 is 6.03 Å². The number of methoxy groups -OCH3 is 1. The molecule has 2 heterocycles. The number of nitrogens with one attached hydrogen (secondary N) is 2. The van der Waals surface area contributed by atoms with Gasteiger partial charge in [-0.1, -0.05) is 35.5 Å². The molecule has 3 aromatic rings. The molecular weight excluding hydrogens is 384 g/mol. The Hall–Kier alpha value is -3.81. The maximum absolute atomic E-state index is 12.3. The molecule has 2 N–H and O–H groups in total. The molecule has 3 amide bonds. The van der Waals surface area contributed by atoms with Crippen LogP contribution in [0.25, 0.3) is 11.3 Å². The number of urea groups is 1. The van der Waals surface area contributed by atoms with Crippen LogP contribution in [-0.4, -0.2) is 30.7 Å². The molecule has 0 radical (unpaired) electrons. The van der Waals surface area contributed by atoms with Crippen molar-refractivity contribution in [2.75, 3.05) is 23.9 Å². The van der Waals surface area contributed by atoms with E-state index >= 15 is 0 Å². The van der Waals surface area contributed by atoms with Crippen LogP contribution in [0.1, 0.15) is 18.6 Å². The fourth-order valence-corrected chi connectivity index (χ4v) is 3.37.